The Hall–Kier alpha value is -1.76. The second-order valence-corrected chi connectivity index (χ2v) is 9.98. The number of carbonyl (C=O) groups is 3. The first-order valence-corrected chi connectivity index (χ1v) is 12.3. The second kappa shape index (κ2) is 12.2. The number of fused-ring (bicyclic) bond motifs is 3. The van der Waals surface area contributed by atoms with Crippen LogP contribution in [0.1, 0.15) is 38.5 Å². The maximum atomic E-state index is 13.0. The molecule has 12 heteroatoms. The van der Waals surface area contributed by atoms with Crippen LogP contribution in [0.4, 0.5) is 13.2 Å². The summed E-state index contributed by atoms with van der Waals surface area (Å²) in [5, 5.41) is 4.44. The number of methoxy groups -OCH3 is 4. The van der Waals surface area contributed by atoms with Crippen molar-refractivity contribution >= 4 is 17.6 Å². The first-order valence-electron chi connectivity index (χ1n) is 12.3. The maximum absolute atomic E-state index is 13.0. The Morgan fingerprint density at radius 3 is 2.19 bits per heavy atom. The third-order valence-corrected chi connectivity index (χ3v) is 8.26. The molecule has 0 heterocycles. The van der Waals surface area contributed by atoms with E-state index in [4.69, 9.17) is 18.9 Å². The summed E-state index contributed by atoms with van der Waals surface area (Å²) in [5.74, 6) is -3.02. The van der Waals surface area contributed by atoms with Crippen LogP contribution < -0.4 is 10.6 Å². The minimum absolute atomic E-state index is 0.0166. The van der Waals surface area contributed by atoms with Crippen LogP contribution in [0.25, 0.3) is 0 Å². The molecule has 3 aliphatic carbocycles. The van der Waals surface area contributed by atoms with E-state index in [1.807, 2.05) is 0 Å². The van der Waals surface area contributed by atoms with Gasteiger partial charge in [0.2, 0.25) is 5.91 Å². The van der Waals surface area contributed by atoms with Gasteiger partial charge in [0.15, 0.2) is 5.78 Å². The Balaban J connectivity index is 1.88. The van der Waals surface area contributed by atoms with E-state index in [0.29, 0.717) is 19.3 Å². The predicted molar refractivity (Wildman–Crippen MR) is 121 cm³/mol. The number of nitrogens with one attached hydrogen (secondary N) is 2. The van der Waals surface area contributed by atoms with E-state index in [9.17, 15) is 27.6 Å². The van der Waals surface area contributed by atoms with Crippen molar-refractivity contribution in [1.29, 1.82) is 0 Å². The summed E-state index contributed by atoms with van der Waals surface area (Å²) >= 11 is 0. The Labute approximate surface area is 209 Å². The molecule has 36 heavy (non-hydrogen) atoms. The third-order valence-electron chi connectivity index (χ3n) is 8.26. The molecule has 3 saturated carbocycles. The summed E-state index contributed by atoms with van der Waals surface area (Å²) in [4.78, 5) is 36.7. The minimum Gasteiger partial charge on any atom is -0.379 e. The van der Waals surface area contributed by atoms with Gasteiger partial charge in [-0.3, -0.25) is 14.4 Å². The largest absolute Gasteiger partial charge is 0.471 e. The molecule has 2 amide bonds. The molecule has 2 N–H and O–H groups in total. The quantitative estimate of drug-likeness (QED) is 0.523. The van der Waals surface area contributed by atoms with Crippen molar-refractivity contribution in [2.24, 2.45) is 23.7 Å². The number of halogens is 3. The molecule has 0 saturated heterocycles. The molecule has 3 aliphatic rings. The van der Waals surface area contributed by atoms with Gasteiger partial charge < -0.3 is 29.6 Å². The van der Waals surface area contributed by atoms with Crippen molar-refractivity contribution < 1.29 is 46.5 Å². The fourth-order valence-electron chi connectivity index (χ4n) is 6.71. The lowest BCUT2D eigenvalue weighted by atomic mass is 9.64. The van der Waals surface area contributed by atoms with Gasteiger partial charge in [0.05, 0.1) is 18.8 Å². The van der Waals surface area contributed by atoms with Crippen LogP contribution >= 0.6 is 0 Å². The van der Waals surface area contributed by atoms with Gasteiger partial charge in [0.1, 0.15) is 12.2 Å². The third kappa shape index (κ3) is 6.20. The number of hydrogen-bond donors (Lipinski definition) is 2. The van der Waals surface area contributed by atoms with Crippen LogP contribution in [-0.2, 0) is 33.3 Å². The molecule has 0 aromatic rings. The summed E-state index contributed by atoms with van der Waals surface area (Å²) in [6.45, 7) is -0.800. The van der Waals surface area contributed by atoms with Crippen molar-refractivity contribution in [3.63, 3.8) is 0 Å². The van der Waals surface area contributed by atoms with Crippen LogP contribution in [0.2, 0.25) is 0 Å². The summed E-state index contributed by atoms with van der Waals surface area (Å²) in [6, 6.07) is -0.449. The predicted octanol–water partition coefficient (Wildman–Crippen LogP) is 1.63. The van der Waals surface area contributed by atoms with Gasteiger partial charge in [-0.15, -0.1) is 0 Å². The average molecular weight is 523 g/mol. The lowest BCUT2D eigenvalue weighted by Gasteiger charge is -2.48. The Morgan fingerprint density at radius 2 is 1.61 bits per heavy atom. The normalized spacial score (nSPS) is 37.2. The molecule has 0 aliphatic heterocycles. The summed E-state index contributed by atoms with van der Waals surface area (Å²) < 4.78 is 60.5. The van der Waals surface area contributed by atoms with Crippen molar-refractivity contribution in [2.75, 3.05) is 35.0 Å². The molecule has 8 unspecified atom stereocenters. The first-order chi connectivity index (χ1) is 17.0. The van der Waals surface area contributed by atoms with E-state index in [1.54, 1.807) is 26.6 Å². The highest BCUT2D eigenvalue weighted by Gasteiger charge is 2.54. The highest BCUT2D eigenvalue weighted by atomic mass is 19.4. The first kappa shape index (κ1) is 28.8. The Morgan fingerprint density at radius 1 is 0.917 bits per heavy atom. The monoisotopic (exact) mass is 522 g/mol. The number of ether oxygens (including phenoxy) is 4. The van der Waals surface area contributed by atoms with E-state index in [1.165, 1.54) is 7.11 Å². The van der Waals surface area contributed by atoms with Crippen LogP contribution in [0.3, 0.4) is 0 Å². The molecule has 9 nitrogen and oxygen atoms in total. The molecule has 0 aromatic carbocycles. The Bertz CT molecular complexity index is 796. The molecule has 0 radical (unpaired) electrons. The molecule has 0 bridgehead atoms. The van der Waals surface area contributed by atoms with Crippen molar-refractivity contribution in [3.05, 3.63) is 0 Å². The van der Waals surface area contributed by atoms with E-state index in [-0.39, 0.29) is 54.2 Å². The number of carbonyl (C=O) groups excluding carboxylic acids is 3. The van der Waals surface area contributed by atoms with Gasteiger partial charge in [-0.2, -0.15) is 13.2 Å². The highest BCUT2D eigenvalue weighted by molar-refractivity contribution is 5.87. The lowest BCUT2D eigenvalue weighted by Crippen LogP contribution is -2.56. The molecule has 0 spiro atoms. The SMILES string of the molecule is COC1CCC2C3C(CC[C@H](NC(=O)CNC(=O)C(F)(F)F)C2CC1=O)CC(OC)C(OC)C3OC. The Kier molecular flexibility index (Phi) is 9.75. The average Bonchev–Trinajstić information content (AvgIpc) is 3.09. The van der Waals surface area contributed by atoms with Crippen molar-refractivity contribution in [1.82, 2.24) is 10.6 Å². The number of Topliss-reactive ketones (excluding diaryl/α,β-unsaturated/α-hetero) is 1. The molecule has 9 atom stereocenters. The van der Waals surface area contributed by atoms with E-state index < -0.39 is 36.7 Å². The number of alkyl halides is 3. The molecule has 206 valence electrons. The number of ketones is 1. The standard InChI is InChI=1S/C24H37F3N2O7/c1-33-17-8-6-13-14(10-16(17)30)15(29-19(31)11-28-23(32)24(25,26)27)7-5-12-9-18(34-2)21(35-3)22(36-4)20(12)13/h12-15,17-18,20-22H,5-11H2,1-4H3,(H,28,32)(H,29,31)/t12?,13?,14?,15-,17?,18?,20?,21?,22?/m0/s1. The van der Waals surface area contributed by atoms with Gasteiger partial charge in [0.25, 0.3) is 0 Å². The fraction of sp³-hybridized carbons (Fsp3) is 0.875. The van der Waals surface area contributed by atoms with Gasteiger partial charge in [0, 0.05) is 40.9 Å². The van der Waals surface area contributed by atoms with E-state index >= 15 is 0 Å². The molecular formula is C24H37F3N2O7. The maximum Gasteiger partial charge on any atom is 0.471 e. The number of amides is 2. The molecule has 3 fully saturated rings. The van der Waals surface area contributed by atoms with Gasteiger partial charge in [-0.05, 0) is 55.8 Å². The zero-order valence-electron chi connectivity index (χ0n) is 21.1. The number of hydrogen-bond acceptors (Lipinski definition) is 7. The zero-order valence-corrected chi connectivity index (χ0v) is 21.1. The summed E-state index contributed by atoms with van der Waals surface area (Å²) in [6.07, 6.45) is -3.03. The van der Waals surface area contributed by atoms with Crippen LogP contribution in [0.15, 0.2) is 0 Å². The van der Waals surface area contributed by atoms with Crippen LogP contribution in [0.5, 0.6) is 0 Å². The molecule has 0 aromatic heterocycles. The highest BCUT2D eigenvalue weighted by Crippen LogP contribution is 2.50. The topological polar surface area (TPSA) is 112 Å². The van der Waals surface area contributed by atoms with E-state index in [0.717, 1.165) is 12.8 Å². The van der Waals surface area contributed by atoms with E-state index in [2.05, 4.69) is 5.32 Å². The number of rotatable bonds is 7. The van der Waals surface area contributed by atoms with Crippen LogP contribution in [0, 0.1) is 23.7 Å². The van der Waals surface area contributed by atoms with Crippen molar-refractivity contribution in [3.8, 4) is 0 Å². The minimum atomic E-state index is -5.07. The summed E-state index contributed by atoms with van der Waals surface area (Å²) in [7, 11) is 6.38. The van der Waals surface area contributed by atoms with Gasteiger partial charge >= 0.3 is 12.1 Å². The lowest BCUT2D eigenvalue weighted by molar-refractivity contribution is -0.178. The second-order valence-electron chi connectivity index (χ2n) is 9.98. The van der Waals surface area contributed by atoms with Crippen molar-refractivity contribution in [2.45, 2.75) is 75.2 Å². The zero-order chi connectivity index (χ0) is 26.6. The molecule has 3 rings (SSSR count). The smallest absolute Gasteiger partial charge is 0.379 e. The van der Waals surface area contributed by atoms with Gasteiger partial charge in [-0.1, -0.05) is 0 Å². The fourth-order valence-corrected chi connectivity index (χ4v) is 6.71. The van der Waals surface area contributed by atoms with Gasteiger partial charge in [-0.25, -0.2) is 0 Å². The summed E-state index contributed by atoms with van der Waals surface area (Å²) in [5.41, 5.74) is 0. The molecular weight excluding hydrogens is 485 g/mol. The van der Waals surface area contributed by atoms with Crippen LogP contribution in [-0.4, -0.2) is 89.2 Å².